The van der Waals surface area contributed by atoms with Gasteiger partial charge in [-0.05, 0) is 32.0 Å². The minimum Gasteiger partial charge on any atom is -0.489 e. The Kier molecular flexibility index (Phi) is 4.66. The maximum Gasteiger partial charge on any atom is 0.124 e. The Morgan fingerprint density at radius 3 is 2.87 bits per heavy atom. The van der Waals surface area contributed by atoms with Crippen molar-refractivity contribution in [2.24, 2.45) is 5.73 Å². The highest BCUT2D eigenvalue weighted by atomic mass is 35.5. The Labute approximate surface area is 95.7 Å². The summed E-state index contributed by atoms with van der Waals surface area (Å²) in [4.78, 5) is 0. The summed E-state index contributed by atoms with van der Waals surface area (Å²) >= 11 is 5.90. The minimum absolute atomic E-state index is 0.0793. The van der Waals surface area contributed by atoms with Crippen LogP contribution in [0.2, 0.25) is 5.02 Å². The van der Waals surface area contributed by atoms with Gasteiger partial charge in [0.05, 0.1) is 0 Å². The van der Waals surface area contributed by atoms with E-state index in [4.69, 9.17) is 22.1 Å². The third-order valence-electron chi connectivity index (χ3n) is 2.03. The highest BCUT2D eigenvalue weighted by molar-refractivity contribution is 6.30. The Bertz CT molecular complexity index is 347. The monoisotopic (exact) mass is 225 g/mol. The van der Waals surface area contributed by atoms with Crippen LogP contribution in [0.3, 0.4) is 0 Å². The first-order valence-electron chi connectivity index (χ1n) is 4.94. The van der Waals surface area contributed by atoms with E-state index in [2.05, 4.69) is 0 Å². The van der Waals surface area contributed by atoms with Crippen molar-refractivity contribution in [1.82, 2.24) is 0 Å². The number of nitrogens with two attached hydrogens (primary N) is 1. The van der Waals surface area contributed by atoms with E-state index in [-0.39, 0.29) is 6.04 Å². The summed E-state index contributed by atoms with van der Waals surface area (Å²) in [6.07, 6.45) is 3.89. The van der Waals surface area contributed by atoms with Crippen LogP contribution in [0.1, 0.15) is 25.5 Å². The predicted octanol–water partition coefficient (Wildman–Crippen LogP) is 3.31. The van der Waals surface area contributed by atoms with Gasteiger partial charge in [0.1, 0.15) is 12.4 Å². The Hall–Kier alpha value is -0.990. The van der Waals surface area contributed by atoms with Crippen LogP contribution < -0.4 is 10.5 Å². The molecule has 0 bridgehead atoms. The van der Waals surface area contributed by atoms with Crippen LogP contribution in [0, 0.1) is 0 Å². The Morgan fingerprint density at radius 2 is 2.27 bits per heavy atom. The molecule has 0 saturated carbocycles. The molecule has 0 saturated heterocycles. The lowest BCUT2D eigenvalue weighted by molar-refractivity contribution is 0.356. The lowest BCUT2D eigenvalue weighted by Gasteiger charge is -2.13. The molecule has 0 amide bonds. The maximum atomic E-state index is 5.90. The van der Waals surface area contributed by atoms with Crippen LogP contribution >= 0.6 is 11.6 Å². The van der Waals surface area contributed by atoms with Gasteiger partial charge in [-0.2, -0.15) is 0 Å². The molecule has 0 aliphatic heterocycles. The second kappa shape index (κ2) is 5.79. The zero-order chi connectivity index (χ0) is 11.3. The van der Waals surface area contributed by atoms with Crippen molar-refractivity contribution < 1.29 is 4.74 Å². The number of rotatable bonds is 4. The van der Waals surface area contributed by atoms with Gasteiger partial charge in [-0.15, -0.1) is 0 Å². The summed E-state index contributed by atoms with van der Waals surface area (Å²) < 4.78 is 5.57. The molecule has 2 N–H and O–H groups in total. The summed E-state index contributed by atoms with van der Waals surface area (Å²) in [7, 11) is 0. The summed E-state index contributed by atoms with van der Waals surface area (Å²) in [5.74, 6) is 0.799. The van der Waals surface area contributed by atoms with Crippen LogP contribution in [0.4, 0.5) is 0 Å². The minimum atomic E-state index is -0.0793. The molecule has 1 atom stereocenters. The zero-order valence-corrected chi connectivity index (χ0v) is 9.79. The Morgan fingerprint density at radius 1 is 1.53 bits per heavy atom. The van der Waals surface area contributed by atoms with E-state index < -0.39 is 0 Å². The molecule has 1 aromatic carbocycles. The lowest BCUT2D eigenvalue weighted by atomic mass is 10.1. The van der Waals surface area contributed by atoms with Crippen molar-refractivity contribution in [3.63, 3.8) is 0 Å². The standard InChI is InChI=1S/C12H16ClNO/c1-3-4-7-15-12-6-5-10(13)8-11(12)9(2)14/h3-6,8-9H,7,14H2,1-2H3/t9-/m1/s1. The summed E-state index contributed by atoms with van der Waals surface area (Å²) in [5, 5.41) is 0.681. The highest BCUT2D eigenvalue weighted by Crippen LogP contribution is 2.27. The van der Waals surface area contributed by atoms with Gasteiger partial charge in [0.15, 0.2) is 0 Å². The predicted molar refractivity (Wildman–Crippen MR) is 64.4 cm³/mol. The SMILES string of the molecule is CC=CCOc1ccc(Cl)cc1[C@@H](C)N. The molecule has 1 rings (SSSR count). The van der Waals surface area contributed by atoms with Crippen molar-refractivity contribution >= 4 is 11.6 Å². The van der Waals surface area contributed by atoms with E-state index in [1.165, 1.54) is 0 Å². The average Bonchev–Trinajstić information content (AvgIpc) is 2.20. The van der Waals surface area contributed by atoms with Gasteiger partial charge >= 0.3 is 0 Å². The van der Waals surface area contributed by atoms with Crippen molar-refractivity contribution in [2.75, 3.05) is 6.61 Å². The fraction of sp³-hybridized carbons (Fsp3) is 0.333. The van der Waals surface area contributed by atoms with Crippen LogP contribution in [0.15, 0.2) is 30.4 Å². The molecule has 0 aliphatic carbocycles. The molecule has 0 fully saturated rings. The van der Waals surface area contributed by atoms with E-state index >= 15 is 0 Å². The van der Waals surface area contributed by atoms with Gasteiger partial charge < -0.3 is 10.5 Å². The topological polar surface area (TPSA) is 35.2 Å². The molecule has 3 heteroatoms. The molecule has 0 radical (unpaired) electrons. The van der Waals surface area contributed by atoms with E-state index in [0.717, 1.165) is 11.3 Å². The zero-order valence-electron chi connectivity index (χ0n) is 9.03. The van der Waals surface area contributed by atoms with Crippen molar-refractivity contribution in [2.45, 2.75) is 19.9 Å². The van der Waals surface area contributed by atoms with E-state index in [0.29, 0.717) is 11.6 Å². The molecule has 0 aromatic heterocycles. The molecular weight excluding hydrogens is 210 g/mol. The smallest absolute Gasteiger partial charge is 0.124 e. The molecule has 0 unspecified atom stereocenters. The normalized spacial score (nSPS) is 13.1. The molecule has 2 nitrogen and oxygen atoms in total. The molecule has 0 heterocycles. The lowest BCUT2D eigenvalue weighted by Crippen LogP contribution is -2.08. The van der Waals surface area contributed by atoms with E-state index in [1.54, 1.807) is 6.07 Å². The van der Waals surface area contributed by atoms with Crippen LogP contribution in [-0.4, -0.2) is 6.61 Å². The highest BCUT2D eigenvalue weighted by Gasteiger charge is 2.08. The molecule has 1 aromatic rings. The van der Waals surface area contributed by atoms with Crippen LogP contribution in [-0.2, 0) is 0 Å². The second-order valence-electron chi connectivity index (χ2n) is 3.35. The van der Waals surface area contributed by atoms with E-state index in [9.17, 15) is 0 Å². The first kappa shape index (κ1) is 12.1. The molecule has 0 aliphatic rings. The van der Waals surface area contributed by atoms with Crippen LogP contribution in [0.25, 0.3) is 0 Å². The number of ether oxygens (including phenoxy) is 1. The third kappa shape index (κ3) is 3.57. The number of allylic oxidation sites excluding steroid dienone is 1. The Balaban J connectivity index is 2.85. The number of benzene rings is 1. The maximum absolute atomic E-state index is 5.90. The van der Waals surface area contributed by atoms with Crippen molar-refractivity contribution in [1.29, 1.82) is 0 Å². The summed E-state index contributed by atoms with van der Waals surface area (Å²) in [6.45, 7) is 4.42. The van der Waals surface area contributed by atoms with Gasteiger partial charge in [0, 0.05) is 16.6 Å². The molecule has 82 valence electrons. The van der Waals surface area contributed by atoms with E-state index in [1.807, 2.05) is 38.1 Å². The fourth-order valence-electron chi connectivity index (χ4n) is 1.24. The van der Waals surface area contributed by atoms with Crippen molar-refractivity contribution in [3.8, 4) is 5.75 Å². The second-order valence-corrected chi connectivity index (χ2v) is 3.79. The quantitative estimate of drug-likeness (QED) is 0.798. The summed E-state index contributed by atoms with van der Waals surface area (Å²) in [6, 6.07) is 5.42. The number of hydrogen-bond donors (Lipinski definition) is 1. The molecule has 15 heavy (non-hydrogen) atoms. The van der Waals surface area contributed by atoms with Gasteiger partial charge in [0.2, 0.25) is 0 Å². The molecular formula is C12H16ClNO. The average molecular weight is 226 g/mol. The number of halogens is 1. The number of hydrogen-bond acceptors (Lipinski definition) is 2. The first-order chi connectivity index (χ1) is 7.15. The first-order valence-corrected chi connectivity index (χ1v) is 5.32. The third-order valence-corrected chi connectivity index (χ3v) is 2.27. The van der Waals surface area contributed by atoms with Crippen molar-refractivity contribution in [3.05, 3.63) is 40.9 Å². The van der Waals surface area contributed by atoms with Gasteiger partial charge in [-0.25, -0.2) is 0 Å². The largest absolute Gasteiger partial charge is 0.489 e. The van der Waals surface area contributed by atoms with Crippen LogP contribution in [0.5, 0.6) is 5.75 Å². The van der Waals surface area contributed by atoms with Gasteiger partial charge in [-0.1, -0.05) is 23.8 Å². The van der Waals surface area contributed by atoms with Gasteiger partial charge in [0.25, 0.3) is 0 Å². The molecule has 0 spiro atoms. The van der Waals surface area contributed by atoms with Gasteiger partial charge in [-0.3, -0.25) is 0 Å². The summed E-state index contributed by atoms with van der Waals surface area (Å²) in [5.41, 5.74) is 6.77. The fourth-order valence-corrected chi connectivity index (χ4v) is 1.42.